The van der Waals surface area contributed by atoms with Crippen LogP contribution in [0, 0.1) is 6.92 Å². The highest BCUT2D eigenvalue weighted by Gasteiger charge is 2.25. The summed E-state index contributed by atoms with van der Waals surface area (Å²) in [5.41, 5.74) is -0.347. The number of methoxy groups -OCH3 is 1. The first-order chi connectivity index (χ1) is 16.7. The third kappa shape index (κ3) is 4.33. The molecule has 4 rings (SSSR count). The number of anilines is 1. The lowest BCUT2D eigenvalue weighted by Gasteiger charge is -2.13. The van der Waals surface area contributed by atoms with Crippen LogP contribution in [0.3, 0.4) is 0 Å². The van der Waals surface area contributed by atoms with Gasteiger partial charge in [-0.1, -0.05) is 30.3 Å². The van der Waals surface area contributed by atoms with Gasteiger partial charge in [0, 0.05) is 12.4 Å². The van der Waals surface area contributed by atoms with Crippen molar-refractivity contribution in [3.63, 3.8) is 0 Å². The maximum atomic E-state index is 13.0. The van der Waals surface area contributed by atoms with Gasteiger partial charge in [0.1, 0.15) is 11.3 Å². The number of ether oxygens (including phenoxy) is 2. The summed E-state index contributed by atoms with van der Waals surface area (Å²) in [4.78, 5) is 50.8. The van der Waals surface area contributed by atoms with Crippen LogP contribution in [-0.4, -0.2) is 34.5 Å². The number of hydrogen-bond donors (Lipinski definition) is 1. The molecule has 0 saturated heterocycles. The Morgan fingerprint density at radius 2 is 1.77 bits per heavy atom. The number of fused-ring (bicyclic) bond motifs is 1. The van der Waals surface area contributed by atoms with Gasteiger partial charge in [0.15, 0.2) is 17.4 Å². The first-order valence-corrected chi connectivity index (χ1v) is 10.7. The van der Waals surface area contributed by atoms with E-state index in [-0.39, 0.29) is 16.8 Å². The van der Waals surface area contributed by atoms with Crippen LogP contribution in [0.2, 0.25) is 0 Å². The van der Waals surface area contributed by atoms with Crippen LogP contribution in [0.4, 0.5) is 5.69 Å². The zero-order valence-electron chi connectivity index (χ0n) is 19.5. The Balaban J connectivity index is 1.55. The second-order valence-corrected chi connectivity index (χ2v) is 7.80. The van der Waals surface area contributed by atoms with Gasteiger partial charge in [-0.2, -0.15) is 0 Å². The quantitative estimate of drug-likeness (QED) is 0.335. The lowest BCUT2D eigenvalue weighted by Crippen LogP contribution is -2.33. The number of benzene rings is 2. The average molecular weight is 477 g/mol. The maximum absolute atomic E-state index is 13.0. The number of aromatic nitrogens is 2. The molecule has 180 valence electrons. The van der Waals surface area contributed by atoms with E-state index < -0.39 is 29.2 Å². The van der Waals surface area contributed by atoms with E-state index in [0.717, 1.165) is 0 Å². The van der Waals surface area contributed by atoms with E-state index >= 15 is 0 Å². The molecule has 2 aromatic carbocycles. The second kappa shape index (κ2) is 9.34. The first-order valence-electron chi connectivity index (χ1n) is 10.7. The third-order valence-electron chi connectivity index (χ3n) is 5.62. The molecule has 35 heavy (non-hydrogen) atoms. The summed E-state index contributed by atoms with van der Waals surface area (Å²) < 4.78 is 18.6. The standard InChI is InChI=1S/C25H23N3O7/c1-14-20(23(30)28(27(14)3)17-10-6-5-7-11-17)26-22(29)15(2)34-24(31)18-13-16-9-8-12-19(33-4)21(16)35-25(18)32/h5-13,15H,1-4H3,(H,26,29). The van der Waals surface area contributed by atoms with E-state index in [4.69, 9.17) is 13.9 Å². The van der Waals surface area contributed by atoms with Crippen molar-refractivity contribution in [3.8, 4) is 11.4 Å². The Morgan fingerprint density at radius 3 is 2.46 bits per heavy atom. The summed E-state index contributed by atoms with van der Waals surface area (Å²) in [5, 5.41) is 2.99. The van der Waals surface area contributed by atoms with Crippen LogP contribution in [0.5, 0.6) is 5.75 Å². The monoisotopic (exact) mass is 477 g/mol. The average Bonchev–Trinajstić information content (AvgIpc) is 3.06. The van der Waals surface area contributed by atoms with Gasteiger partial charge in [0.25, 0.3) is 11.5 Å². The number of nitrogens with zero attached hydrogens (tertiary/aromatic N) is 2. The van der Waals surface area contributed by atoms with Crippen LogP contribution in [0.25, 0.3) is 16.7 Å². The lowest BCUT2D eigenvalue weighted by molar-refractivity contribution is -0.123. The SMILES string of the molecule is COc1cccc2cc(C(=O)OC(C)C(=O)Nc3c(C)n(C)n(-c4ccccc4)c3=O)c(=O)oc12. The number of carbonyl (C=O) groups is 2. The fourth-order valence-electron chi connectivity index (χ4n) is 3.64. The zero-order chi connectivity index (χ0) is 25.3. The van der Waals surface area contributed by atoms with Gasteiger partial charge in [-0.3, -0.25) is 14.3 Å². The molecule has 0 fully saturated rings. The van der Waals surface area contributed by atoms with Crippen LogP contribution in [-0.2, 0) is 16.6 Å². The lowest BCUT2D eigenvalue weighted by atomic mass is 10.1. The molecule has 1 amide bonds. The molecule has 2 aromatic heterocycles. The van der Waals surface area contributed by atoms with Crippen LogP contribution >= 0.6 is 0 Å². The molecule has 0 spiro atoms. The normalized spacial score (nSPS) is 11.8. The molecule has 0 saturated carbocycles. The summed E-state index contributed by atoms with van der Waals surface area (Å²) in [5.74, 6) is -1.42. The number of hydrogen-bond acceptors (Lipinski definition) is 7. The predicted molar refractivity (Wildman–Crippen MR) is 128 cm³/mol. The van der Waals surface area contributed by atoms with E-state index in [1.54, 1.807) is 61.1 Å². The molecule has 2 heterocycles. The molecule has 1 unspecified atom stereocenters. The largest absolute Gasteiger partial charge is 0.493 e. The van der Waals surface area contributed by atoms with Crippen molar-refractivity contribution in [2.45, 2.75) is 20.0 Å². The molecule has 0 radical (unpaired) electrons. The van der Waals surface area contributed by atoms with Gasteiger partial charge in [-0.05, 0) is 38.1 Å². The molecule has 1 atom stereocenters. The summed E-state index contributed by atoms with van der Waals surface area (Å²) in [7, 11) is 3.12. The molecule has 0 aliphatic rings. The first kappa shape index (κ1) is 23.6. The number of amides is 1. The predicted octanol–water partition coefficient (Wildman–Crippen LogP) is 2.78. The van der Waals surface area contributed by atoms with E-state index in [0.29, 0.717) is 22.5 Å². The molecule has 10 heteroatoms. The summed E-state index contributed by atoms with van der Waals surface area (Å²) in [6.45, 7) is 3.02. The maximum Gasteiger partial charge on any atom is 0.351 e. The molecule has 4 aromatic rings. The topological polar surface area (TPSA) is 122 Å². The van der Waals surface area contributed by atoms with Crippen molar-refractivity contribution in [1.82, 2.24) is 9.36 Å². The highest BCUT2D eigenvalue weighted by Crippen LogP contribution is 2.24. The van der Waals surface area contributed by atoms with Gasteiger partial charge < -0.3 is 19.2 Å². The van der Waals surface area contributed by atoms with Crippen molar-refractivity contribution in [3.05, 3.63) is 86.6 Å². The Kier molecular flexibility index (Phi) is 6.28. The second-order valence-electron chi connectivity index (χ2n) is 7.80. The van der Waals surface area contributed by atoms with Crippen LogP contribution in [0.15, 0.2) is 68.6 Å². The van der Waals surface area contributed by atoms with Gasteiger partial charge in [-0.15, -0.1) is 0 Å². The van der Waals surface area contributed by atoms with E-state index in [1.807, 2.05) is 6.07 Å². The van der Waals surface area contributed by atoms with Crippen molar-refractivity contribution < 1.29 is 23.5 Å². The van der Waals surface area contributed by atoms with Gasteiger partial charge in [0.2, 0.25) is 0 Å². The van der Waals surface area contributed by atoms with E-state index in [2.05, 4.69) is 5.32 Å². The summed E-state index contributed by atoms with van der Waals surface area (Å²) >= 11 is 0. The Morgan fingerprint density at radius 1 is 1.06 bits per heavy atom. The van der Waals surface area contributed by atoms with Crippen molar-refractivity contribution >= 4 is 28.5 Å². The summed E-state index contributed by atoms with van der Waals surface area (Å²) in [6, 6.07) is 15.2. The van der Waals surface area contributed by atoms with Gasteiger partial charge in [-0.25, -0.2) is 14.3 Å². The van der Waals surface area contributed by atoms with Crippen LogP contribution in [0.1, 0.15) is 23.0 Å². The number of carbonyl (C=O) groups excluding carboxylic acids is 2. The molecular weight excluding hydrogens is 454 g/mol. The number of rotatable bonds is 6. The van der Waals surface area contributed by atoms with Crippen molar-refractivity contribution in [2.24, 2.45) is 7.05 Å². The van der Waals surface area contributed by atoms with Crippen molar-refractivity contribution in [1.29, 1.82) is 0 Å². The van der Waals surface area contributed by atoms with Crippen molar-refractivity contribution in [2.75, 3.05) is 12.4 Å². The van der Waals surface area contributed by atoms with Crippen LogP contribution < -0.4 is 21.2 Å². The smallest absolute Gasteiger partial charge is 0.351 e. The minimum absolute atomic E-state index is 0.0570. The fraction of sp³-hybridized carbons (Fsp3) is 0.200. The minimum Gasteiger partial charge on any atom is -0.493 e. The highest BCUT2D eigenvalue weighted by molar-refractivity contribution is 5.98. The third-order valence-corrected chi connectivity index (χ3v) is 5.62. The van der Waals surface area contributed by atoms with E-state index in [1.165, 1.54) is 24.8 Å². The van der Waals surface area contributed by atoms with Gasteiger partial charge in [0.05, 0.1) is 18.5 Å². The minimum atomic E-state index is -1.30. The molecular formula is C25H23N3O7. The molecule has 10 nitrogen and oxygen atoms in total. The molecule has 1 N–H and O–H groups in total. The fourth-order valence-corrected chi connectivity index (χ4v) is 3.64. The number of nitrogens with one attached hydrogen (secondary N) is 1. The Bertz CT molecular complexity index is 1550. The molecule has 0 aliphatic heterocycles. The Hall–Kier alpha value is -4.60. The van der Waals surface area contributed by atoms with E-state index in [9.17, 15) is 19.2 Å². The Labute approximate surface area is 199 Å². The summed E-state index contributed by atoms with van der Waals surface area (Å²) in [6.07, 6.45) is -1.30. The van der Waals surface area contributed by atoms with Gasteiger partial charge >= 0.3 is 11.6 Å². The number of para-hydroxylation sites is 2. The molecule has 0 bridgehead atoms. The number of esters is 1. The molecule has 0 aliphatic carbocycles. The zero-order valence-corrected chi connectivity index (χ0v) is 19.5. The highest BCUT2D eigenvalue weighted by atomic mass is 16.5.